The molecule has 1 saturated heterocycles. The minimum Gasteiger partial charge on any atom is -0.338 e. The van der Waals surface area contributed by atoms with Crippen LogP contribution in [-0.2, 0) is 4.79 Å². The predicted octanol–water partition coefficient (Wildman–Crippen LogP) is 1.39. The lowest BCUT2D eigenvalue weighted by Gasteiger charge is -2.34. The van der Waals surface area contributed by atoms with Crippen molar-refractivity contribution >= 4 is 5.91 Å². The highest BCUT2D eigenvalue weighted by Crippen LogP contribution is 2.13. The van der Waals surface area contributed by atoms with E-state index in [4.69, 9.17) is 6.42 Å². The number of nitrogens with one attached hydrogen (secondary N) is 1. The Morgan fingerprint density at radius 2 is 2.44 bits per heavy atom. The van der Waals surface area contributed by atoms with Gasteiger partial charge in [0, 0.05) is 32.0 Å². The zero-order chi connectivity index (χ0) is 11.8. The molecule has 0 aliphatic carbocycles. The zero-order valence-electron chi connectivity index (χ0n) is 10.2. The Hall–Kier alpha value is -1.01. The van der Waals surface area contributed by atoms with Crippen LogP contribution in [0.15, 0.2) is 0 Å². The lowest BCUT2D eigenvalue weighted by atomic mass is 10.0. The Morgan fingerprint density at radius 3 is 3.00 bits per heavy atom. The maximum atomic E-state index is 12.0. The van der Waals surface area contributed by atoms with E-state index < -0.39 is 0 Å². The van der Waals surface area contributed by atoms with Gasteiger partial charge in [0.25, 0.3) is 0 Å². The molecule has 0 aromatic carbocycles. The minimum absolute atomic E-state index is 0.216. The quantitative estimate of drug-likeness (QED) is 0.713. The van der Waals surface area contributed by atoms with Gasteiger partial charge in [0.05, 0.1) is 0 Å². The van der Waals surface area contributed by atoms with E-state index in [0.717, 1.165) is 38.9 Å². The van der Waals surface area contributed by atoms with Gasteiger partial charge in [-0.1, -0.05) is 6.92 Å². The Labute approximate surface area is 98.6 Å². The molecule has 0 bridgehead atoms. The van der Waals surface area contributed by atoms with E-state index >= 15 is 0 Å². The first-order valence-electron chi connectivity index (χ1n) is 6.23. The van der Waals surface area contributed by atoms with Crippen LogP contribution in [0.5, 0.6) is 0 Å². The first-order chi connectivity index (χ1) is 7.79. The maximum Gasteiger partial charge on any atom is 0.223 e. The largest absolute Gasteiger partial charge is 0.338 e. The van der Waals surface area contributed by atoms with Crippen molar-refractivity contribution in [2.24, 2.45) is 0 Å². The summed E-state index contributed by atoms with van der Waals surface area (Å²) in [6.45, 7) is 4.98. The second kappa shape index (κ2) is 7.29. The molecule has 0 aromatic rings. The van der Waals surface area contributed by atoms with E-state index in [1.807, 2.05) is 4.90 Å². The molecule has 0 radical (unpaired) electrons. The van der Waals surface area contributed by atoms with E-state index in [1.165, 1.54) is 0 Å². The molecule has 1 unspecified atom stereocenters. The third kappa shape index (κ3) is 3.86. The summed E-state index contributed by atoms with van der Waals surface area (Å²) in [6, 6.07) is 0.374. The molecule has 1 aliphatic heterocycles. The van der Waals surface area contributed by atoms with Gasteiger partial charge in [-0.25, -0.2) is 0 Å². The molecule has 16 heavy (non-hydrogen) atoms. The summed E-state index contributed by atoms with van der Waals surface area (Å²) in [7, 11) is 0. The third-order valence-electron chi connectivity index (χ3n) is 2.98. The van der Waals surface area contributed by atoms with Crippen LogP contribution in [0, 0.1) is 12.3 Å². The molecule has 0 aromatic heterocycles. The number of terminal acetylenes is 1. The summed E-state index contributed by atoms with van der Waals surface area (Å²) >= 11 is 0. The van der Waals surface area contributed by atoms with Crippen molar-refractivity contribution in [2.45, 2.75) is 45.1 Å². The highest BCUT2D eigenvalue weighted by molar-refractivity contribution is 5.76. The van der Waals surface area contributed by atoms with Crippen LogP contribution in [-0.4, -0.2) is 36.5 Å². The van der Waals surface area contributed by atoms with Gasteiger partial charge in [-0.3, -0.25) is 4.79 Å². The van der Waals surface area contributed by atoms with E-state index in [0.29, 0.717) is 18.9 Å². The number of hydrogen-bond acceptors (Lipinski definition) is 2. The van der Waals surface area contributed by atoms with Gasteiger partial charge >= 0.3 is 0 Å². The first kappa shape index (κ1) is 13.1. The van der Waals surface area contributed by atoms with Gasteiger partial charge in [-0.15, -0.1) is 12.3 Å². The Kier molecular flexibility index (Phi) is 5.95. The number of hydrogen-bond donors (Lipinski definition) is 1. The predicted molar refractivity (Wildman–Crippen MR) is 66.0 cm³/mol. The summed E-state index contributed by atoms with van der Waals surface area (Å²) < 4.78 is 0. The van der Waals surface area contributed by atoms with Gasteiger partial charge in [0.15, 0.2) is 0 Å². The molecule has 1 fully saturated rings. The average Bonchev–Trinajstić information content (AvgIpc) is 2.34. The fourth-order valence-electron chi connectivity index (χ4n) is 2.17. The molecule has 90 valence electrons. The molecule has 1 aliphatic rings. The maximum absolute atomic E-state index is 12.0. The van der Waals surface area contributed by atoms with Crippen molar-refractivity contribution in [1.29, 1.82) is 0 Å². The summed E-state index contributed by atoms with van der Waals surface area (Å²) in [5.41, 5.74) is 0. The van der Waals surface area contributed by atoms with Gasteiger partial charge < -0.3 is 10.2 Å². The number of rotatable bonds is 5. The molecular weight excluding hydrogens is 200 g/mol. The zero-order valence-corrected chi connectivity index (χ0v) is 10.2. The number of amides is 1. The van der Waals surface area contributed by atoms with Gasteiger partial charge in [0.1, 0.15) is 0 Å². The van der Waals surface area contributed by atoms with Crippen LogP contribution in [0.25, 0.3) is 0 Å². The molecule has 1 rings (SSSR count). The fourth-order valence-corrected chi connectivity index (χ4v) is 2.17. The van der Waals surface area contributed by atoms with Crippen molar-refractivity contribution in [3.63, 3.8) is 0 Å². The minimum atomic E-state index is 0.216. The van der Waals surface area contributed by atoms with Crippen molar-refractivity contribution in [3.05, 3.63) is 0 Å². The second-order valence-corrected chi connectivity index (χ2v) is 4.29. The molecule has 1 heterocycles. The van der Waals surface area contributed by atoms with E-state index in [-0.39, 0.29) is 5.91 Å². The smallest absolute Gasteiger partial charge is 0.223 e. The summed E-state index contributed by atoms with van der Waals surface area (Å²) in [4.78, 5) is 14.0. The van der Waals surface area contributed by atoms with Crippen LogP contribution in [0.4, 0.5) is 0 Å². The topological polar surface area (TPSA) is 32.3 Å². The standard InChI is InChI=1S/C13H22N2O/c1-3-5-8-13(16)15(10-4-2)12-7-6-9-14-11-12/h1,12,14H,4-11H2,2H3. The molecular formula is C13H22N2O. The second-order valence-electron chi connectivity index (χ2n) is 4.29. The molecule has 3 nitrogen and oxygen atoms in total. The Balaban J connectivity index is 2.51. The van der Waals surface area contributed by atoms with Crippen LogP contribution in [0.3, 0.4) is 0 Å². The number of nitrogens with zero attached hydrogens (tertiary/aromatic N) is 1. The van der Waals surface area contributed by atoms with Crippen LogP contribution in [0.2, 0.25) is 0 Å². The van der Waals surface area contributed by atoms with Crippen molar-refractivity contribution in [2.75, 3.05) is 19.6 Å². The fraction of sp³-hybridized carbons (Fsp3) is 0.769. The molecule has 1 amide bonds. The molecule has 3 heteroatoms. The highest BCUT2D eigenvalue weighted by Gasteiger charge is 2.23. The Morgan fingerprint density at radius 1 is 1.62 bits per heavy atom. The Bertz CT molecular complexity index is 251. The van der Waals surface area contributed by atoms with E-state index in [9.17, 15) is 4.79 Å². The number of carbonyl (C=O) groups excluding carboxylic acids is 1. The normalized spacial score (nSPS) is 20.1. The molecule has 1 atom stereocenters. The average molecular weight is 222 g/mol. The summed E-state index contributed by atoms with van der Waals surface area (Å²) in [5, 5.41) is 3.35. The molecule has 0 spiro atoms. The lowest BCUT2D eigenvalue weighted by molar-refractivity contribution is -0.133. The van der Waals surface area contributed by atoms with Gasteiger partial charge in [0.2, 0.25) is 5.91 Å². The number of piperidine rings is 1. The van der Waals surface area contributed by atoms with Crippen LogP contribution in [0.1, 0.15) is 39.0 Å². The van der Waals surface area contributed by atoms with E-state index in [1.54, 1.807) is 0 Å². The van der Waals surface area contributed by atoms with E-state index in [2.05, 4.69) is 18.2 Å². The van der Waals surface area contributed by atoms with Crippen molar-refractivity contribution < 1.29 is 4.79 Å². The summed E-state index contributed by atoms with van der Waals surface area (Å²) in [6.07, 6.45) is 9.54. The third-order valence-corrected chi connectivity index (χ3v) is 2.98. The van der Waals surface area contributed by atoms with Gasteiger partial charge in [-0.05, 0) is 25.8 Å². The monoisotopic (exact) mass is 222 g/mol. The highest BCUT2D eigenvalue weighted by atomic mass is 16.2. The lowest BCUT2D eigenvalue weighted by Crippen LogP contribution is -2.48. The van der Waals surface area contributed by atoms with Gasteiger partial charge in [-0.2, -0.15) is 0 Å². The van der Waals surface area contributed by atoms with Crippen LogP contribution < -0.4 is 5.32 Å². The van der Waals surface area contributed by atoms with Crippen molar-refractivity contribution in [3.8, 4) is 12.3 Å². The van der Waals surface area contributed by atoms with Crippen LogP contribution >= 0.6 is 0 Å². The molecule has 1 N–H and O–H groups in total. The SMILES string of the molecule is C#CCCC(=O)N(CCC)C1CCCNC1. The summed E-state index contributed by atoms with van der Waals surface area (Å²) in [5.74, 6) is 2.75. The first-order valence-corrected chi connectivity index (χ1v) is 6.23. The van der Waals surface area contributed by atoms with Crippen molar-refractivity contribution in [1.82, 2.24) is 10.2 Å². The molecule has 0 saturated carbocycles. The number of carbonyl (C=O) groups is 1.